The molecule has 0 aliphatic carbocycles. The molecule has 1 N–H and O–H groups in total. The number of anilines is 1. The van der Waals surface area contributed by atoms with E-state index >= 15 is 0 Å². The maximum absolute atomic E-state index is 12.1. The largest absolute Gasteiger partial charge is 0.485 e. The van der Waals surface area contributed by atoms with Gasteiger partial charge in [0.1, 0.15) is 17.4 Å². The predicted molar refractivity (Wildman–Crippen MR) is 110 cm³/mol. The van der Waals surface area contributed by atoms with Gasteiger partial charge in [-0.3, -0.25) is 10.1 Å². The molecule has 28 heavy (non-hydrogen) atoms. The van der Waals surface area contributed by atoms with Crippen LogP contribution >= 0.6 is 34.7 Å². The van der Waals surface area contributed by atoms with Gasteiger partial charge in [-0.15, -0.1) is 20.4 Å². The Kier molecular flexibility index (Phi) is 6.87. The van der Waals surface area contributed by atoms with E-state index in [2.05, 4.69) is 25.7 Å². The van der Waals surface area contributed by atoms with E-state index < -0.39 is 0 Å². The summed E-state index contributed by atoms with van der Waals surface area (Å²) >= 11 is 8.62. The highest BCUT2D eigenvalue weighted by molar-refractivity contribution is 7.99. The summed E-state index contributed by atoms with van der Waals surface area (Å²) in [6.45, 7) is 6.71. The molecule has 2 heterocycles. The van der Waals surface area contributed by atoms with Crippen LogP contribution in [0.1, 0.15) is 23.3 Å². The van der Waals surface area contributed by atoms with Crippen LogP contribution in [0.3, 0.4) is 0 Å². The Balaban J connectivity index is 1.59. The van der Waals surface area contributed by atoms with Crippen LogP contribution in [0.25, 0.3) is 0 Å². The molecule has 0 aliphatic rings. The van der Waals surface area contributed by atoms with Gasteiger partial charge in [0, 0.05) is 11.6 Å². The number of aryl methyl sites for hydroxylation is 2. The molecule has 0 spiro atoms. The van der Waals surface area contributed by atoms with E-state index in [1.807, 2.05) is 37.5 Å². The highest BCUT2D eigenvalue weighted by Crippen LogP contribution is 2.24. The number of carbonyl (C=O) groups is 1. The molecule has 0 bridgehead atoms. The van der Waals surface area contributed by atoms with Gasteiger partial charge < -0.3 is 9.30 Å². The second kappa shape index (κ2) is 9.35. The van der Waals surface area contributed by atoms with Gasteiger partial charge in [-0.05, 0) is 44.5 Å². The number of nitrogens with zero attached hydrogens (tertiary/aromatic N) is 5. The third-order valence-corrected chi connectivity index (χ3v) is 5.66. The molecule has 0 saturated heterocycles. The Morgan fingerprint density at radius 1 is 1.29 bits per heavy atom. The molecule has 0 aliphatic heterocycles. The van der Waals surface area contributed by atoms with Gasteiger partial charge in [-0.2, -0.15) is 0 Å². The van der Waals surface area contributed by atoms with Gasteiger partial charge in [0.05, 0.1) is 5.75 Å². The van der Waals surface area contributed by atoms with Crippen molar-refractivity contribution in [2.75, 3.05) is 11.1 Å². The molecule has 0 atom stereocenters. The van der Waals surface area contributed by atoms with Gasteiger partial charge in [0.25, 0.3) is 0 Å². The summed E-state index contributed by atoms with van der Waals surface area (Å²) in [5.74, 6) is 1.48. The van der Waals surface area contributed by atoms with Crippen LogP contribution in [0.4, 0.5) is 5.13 Å². The normalized spacial score (nSPS) is 10.9. The Hall–Kier alpha value is -2.17. The van der Waals surface area contributed by atoms with Crippen LogP contribution in [0.2, 0.25) is 5.02 Å². The van der Waals surface area contributed by atoms with Crippen LogP contribution in [0.5, 0.6) is 5.75 Å². The molecule has 1 aromatic carbocycles. The quantitative estimate of drug-likeness (QED) is 0.535. The number of carbonyl (C=O) groups excluding carboxylic acids is 1. The van der Waals surface area contributed by atoms with E-state index in [1.54, 1.807) is 6.07 Å². The number of ether oxygens (including phenoxy) is 1. The average Bonchev–Trinajstić information content (AvgIpc) is 3.24. The van der Waals surface area contributed by atoms with Crippen molar-refractivity contribution < 1.29 is 9.53 Å². The maximum Gasteiger partial charge on any atom is 0.236 e. The van der Waals surface area contributed by atoms with Crippen LogP contribution < -0.4 is 10.1 Å². The number of amides is 1. The summed E-state index contributed by atoms with van der Waals surface area (Å²) in [7, 11) is 0. The van der Waals surface area contributed by atoms with Crippen molar-refractivity contribution in [1.29, 1.82) is 0 Å². The Bertz CT molecular complexity index is 974. The second-order valence-corrected chi connectivity index (χ2v) is 8.37. The zero-order valence-corrected chi connectivity index (χ0v) is 18.0. The van der Waals surface area contributed by atoms with Gasteiger partial charge in [-0.25, -0.2) is 0 Å². The van der Waals surface area contributed by atoms with Crippen LogP contribution in [0, 0.1) is 13.8 Å². The topological polar surface area (TPSA) is 94.8 Å². The summed E-state index contributed by atoms with van der Waals surface area (Å²) in [6, 6.07) is 5.47. The molecule has 0 saturated carbocycles. The van der Waals surface area contributed by atoms with Crippen LogP contribution in [0.15, 0.2) is 23.4 Å². The fraction of sp³-hybridized carbons (Fsp3) is 0.353. The maximum atomic E-state index is 12.1. The van der Waals surface area contributed by atoms with Crippen molar-refractivity contribution in [3.63, 3.8) is 0 Å². The second-order valence-electron chi connectivity index (χ2n) is 5.80. The van der Waals surface area contributed by atoms with Crippen molar-refractivity contribution >= 4 is 45.7 Å². The number of hydrogen-bond donors (Lipinski definition) is 1. The predicted octanol–water partition coefficient (Wildman–Crippen LogP) is 3.73. The van der Waals surface area contributed by atoms with E-state index in [1.165, 1.54) is 23.1 Å². The first-order valence-electron chi connectivity index (χ1n) is 8.50. The van der Waals surface area contributed by atoms with Crippen molar-refractivity contribution in [1.82, 2.24) is 25.0 Å². The van der Waals surface area contributed by atoms with E-state index in [9.17, 15) is 4.79 Å². The first kappa shape index (κ1) is 20.6. The lowest BCUT2D eigenvalue weighted by atomic mass is 10.2. The van der Waals surface area contributed by atoms with Crippen molar-refractivity contribution in [2.45, 2.75) is 39.1 Å². The number of nitrogens with one attached hydrogen (secondary N) is 1. The van der Waals surface area contributed by atoms with Gasteiger partial charge >= 0.3 is 0 Å². The molecular formula is C17H19ClN6O2S2. The van der Waals surface area contributed by atoms with E-state index in [0.717, 1.165) is 16.3 Å². The minimum Gasteiger partial charge on any atom is -0.485 e. The molecule has 3 aromatic rings. The van der Waals surface area contributed by atoms with Gasteiger partial charge in [-0.1, -0.05) is 34.7 Å². The van der Waals surface area contributed by atoms with Gasteiger partial charge in [0.15, 0.2) is 11.0 Å². The highest BCUT2D eigenvalue weighted by atomic mass is 35.5. The Morgan fingerprint density at radius 3 is 2.79 bits per heavy atom. The molecule has 3 rings (SSSR count). The lowest BCUT2D eigenvalue weighted by molar-refractivity contribution is -0.113. The van der Waals surface area contributed by atoms with Crippen LogP contribution in [-0.4, -0.2) is 36.6 Å². The zero-order chi connectivity index (χ0) is 20.1. The number of aromatic nitrogens is 5. The molecule has 2 aromatic heterocycles. The molecule has 1 amide bonds. The third kappa shape index (κ3) is 5.21. The van der Waals surface area contributed by atoms with E-state index in [-0.39, 0.29) is 18.3 Å². The first-order valence-corrected chi connectivity index (χ1v) is 10.7. The van der Waals surface area contributed by atoms with E-state index in [4.69, 9.17) is 16.3 Å². The first-order chi connectivity index (χ1) is 13.5. The van der Waals surface area contributed by atoms with Crippen molar-refractivity contribution in [3.05, 3.63) is 39.6 Å². The van der Waals surface area contributed by atoms with Crippen molar-refractivity contribution in [2.24, 2.45) is 0 Å². The van der Waals surface area contributed by atoms with E-state index in [0.29, 0.717) is 27.7 Å². The minimum absolute atomic E-state index is 0.165. The number of halogens is 1. The summed E-state index contributed by atoms with van der Waals surface area (Å²) < 4.78 is 7.79. The van der Waals surface area contributed by atoms with Crippen molar-refractivity contribution in [3.8, 4) is 5.75 Å². The minimum atomic E-state index is -0.165. The number of benzene rings is 1. The third-order valence-electron chi connectivity index (χ3n) is 3.71. The zero-order valence-electron chi connectivity index (χ0n) is 15.6. The number of thioether (sulfide) groups is 1. The molecular weight excluding hydrogens is 420 g/mol. The molecule has 0 unspecified atom stereocenters. The SMILES string of the molecule is CCn1c(COc2ccc(Cl)cc2C)nnc1SCC(=O)Nc1nnc(C)s1. The smallest absolute Gasteiger partial charge is 0.236 e. The molecule has 0 radical (unpaired) electrons. The Labute approximate surface area is 175 Å². The summed E-state index contributed by atoms with van der Waals surface area (Å²) in [5, 5.41) is 21.5. The lowest BCUT2D eigenvalue weighted by Gasteiger charge is -2.10. The Morgan fingerprint density at radius 2 is 2.11 bits per heavy atom. The summed E-state index contributed by atoms with van der Waals surface area (Å²) in [6.07, 6.45) is 0. The average molecular weight is 439 g/mol. The standard InChI is InChI=1S/C17H19ClN6O2S2/c1-4-24-14(8-26-13-6-5-12(18)7-10(13)2)21-23-17(24)27-9-15(25)19-16-22-20-11(3)28-16/h5-7H,4,8-9H2,1-3H3,(H,19,22,25). The number of rotatable bonds is 8. The molecule has 0 fully saturated rings. The number of hydrogen-bond acceptors (Lipinski definition) is 8. The van der Waals surface area contributed by atoms with Crippen LogP contribution in [-0.2, 0) is 17.9 Å². The summed E-state index contributed by atoms with van der Waals surface area (Å²) in [5.41, 5.74) is 0.952. The van der Waals surface area contributed by atoms with Gasteiger partial charge in [0.2, 0.25) is 11.0 Å². The monoisotopic (exact) mass is 438 g/mol. The summed E-state index contributed by atoms with van der Waals surface area (Å²) in [4.78, 5) is 12.1. The molecule has 8 nitrogen and oxygen atoms in total. The highest BCUT2D eigenvalue weighted by Gasteiger charge is 2.15. The fourth-order valence-electron chi connectivity index (χ4n) is 2.40. The fourth-order valence-corrected chi connectivity index (χ4v) is 4.06. The molecule has 11 heteroatoms. The lowest BCUT2D eigenvalue weighted by Crippen LogP contribution is -2.14. The molecule has 148 valence electrons.